The average molecular weight is 322 g/mol. The van der Waals surface area contributed by atoms with Gasteiger partial charge in [0.15, 0.2) is 0 Å². The van der Waals surface area contributed by atoms with Crippen molar-refractivity contribution in [2.75, 3.05) is 18.8 Å². The summed E-state index contributed by atoms with van der Waals surface area (Å²) in [4.78, 5) is 14.5. The summed E-state index contributed by atoms with van der Waals surface area (Å²) in [6.07, 6.45) is 2.60. The van der Waals surface area contributed by atoms with Crippen LogP contribution in [0.1, 0.15) is 27.8 Å². The van der Waals surface area contributed by atoms with E-state index in [1.807, 2.05) is 40.9 Å². The molecule has 3 nitrogen and oxygen atoms in total. The first-order valence-corrected chi connectivity index (χ1v) is 8.37. The van der Waals surface area contributed by atoms with Gasteiger partial charge in [-0.25, -0.2) is 0 Å². The lowest BCUT2D eigenvalue weighted by Gasteiger charge is -2.20. The Labute approximate surface area is 133 Å². The van der Waals surface area contributed by atoms with Crippen LogP contribution in [0.2, 0.25) is 5.02 Å². The van der Waals surface area contributed by atoms with Crippen LogP contribution in [-0.2, 0) is 0 Å². The zero-order chi connectivity index (χ0) is 14.7. The predicted octanol–water partition coefficient (Wildman–Crippen LogP) is 4.25. The second-order valence-corrected chi connectivity index (χ2v) is 6.65. The van der Waals surface area contributed by atoms with Crippen LogP contribution in [0.3, 0.4) is 0 Å². The molecule has 0 radical (unpaired) electrons. The maximum atomic E-state index is 12.6. The van der Waals surface area contributed by atoms with Crippen molar-refractivity contribution in [2.24, 2.45) is 0 Å². The van der Waals surface area contributed by atoms with Gasteiger partial charge in [0.2, 0.25) is 0 Å². The quantitative estimate of drug-likeness (QED) is 0.829. The fraction of sp³-hybridized carbons (Fsp3) is 0.312. The molecule has 1 aromatic heterocycles. The summed E-state index contributed by atoms with van der Waals surface area (Å²) in [7, 11) is 0. The Morgan fingerprint density at radius 2 is 2.10 bits per heavy atom. The van der Waals surface area contributed by atoms with Gasteiger partial charge in [-0.1, -0.05) is 23.7 Å². The van der Waals surface area contributed by atoms with Crippen LogP contribution in [0.4, 0.5) is 0 Å². The van der Waals surface area contributed by atoms with Gasteiger partial charge in [0.1, 0.15) is 5.76 Å². The second kappa shape index (κ2) is 6.58. The molecule has 0 N–H and O–H groups in total. The third-order valence-corrected chi connectivity index (χ3v) is 5.21. The highest BCUT2D eigenvalue weighted by Gasteiger charge is 2.24. The first-order chi connectivity index (χ1) is 10.3. The number of benzene rings is 1. The number of amides is 1. The van der Waals surface area contributed by atoms with Gasteiger partial charge in [0, 0.05) is 18.8 Å². The minimum atomic E-state index is 0.0151. The third-order valence-electron chi connectivity index (χ3n) is 3.59. The summed E-state index contributed by atoms with van der Waals surface area (Å²) in [6, 6.07) is 11.1. The van der Waals surface area contributed by atoms with Crippen LogP contribution in [-0.4, -0.2) is 29.6 Å². The number of carbonyl (C=O) groups is 1. The number of halogens is 1. The van der Waals surface area contributed by atoms with Crippen LogP contribution in [0, 0.1) is 0 Å². The van der Waals surface area contributed by atoms with Gasteiger partial charge < -0.3 is 9.32 Å². The summed E-state index contributed by atoms with van der Waals surface area (Å²) in [6.45, 7) is 1.47. The van der Waals surface area contributed by atoms with E-state index in [0.717, 1.165) is 31.0 Å². The van der Waals surface area contributed by atoms with E-state index in [2.05, 4.69) is 0 Å². The first-order valence-electron chi connectivity index (χ1n) is 6.94. The largest absolute Gasteiger partial charge is 0.468 e. The Kier molecular flexibility index (Phi) is 4.56. The Morgan fingerprint density at radius 3 is 2.86 bits per heavy atom. The van der Waals surface area contributed by atoms with E-state index in [0.29, 0.717) is 15.8 Å². The molecule has 0 spiro atoms. The number of carbonyl (C=O) groups excluding carboxylic acids is 1. The van der Waals surface area contributed by atoms with E-state index in [1.54, 1.807) is 18.4 Å². The summed E-state index contributed by atoms with van der Waals surface area (Å²) in [5.41, 5.74) is 0.584. The van der Waals surface area contributed by atoms with Crippen molar-refractivity contribution in [1.29, 1.82) is 0 Å². The molecule has 1 aliphatic rings. The molecular formula is C16H16ClNO2S. The average Bonchev–Trinajstić information content (AvgIpc) is 2.92. The van der Waals surface area contributed by atoms with Gasteiger partial charge in [-0.3, -0.25) is 4.79 Å². The van der Waals surface area contributed by atoms with Crippen molar-refractivity contribution in [3.05, 3.63) is 59.0 Å². The maximum absolute atomic E-state index is 12.6. The second-order valence-electron chi connectivity index (χ2n) is 4.94. The lowest BCUT2D eigenvalue weighted by Crippen LogP contribution is -2.33. The number of hydrogen-bond acceptors (Lipinski definition) is 3. The molecule has 110 valence electrons. The molecule has 1 aromatic carbocycles. The topological polar surface area (TPSA) is 33.5 Å². The molecule has 1 unspecified atom stereocenters. The van der Waals surface area contributed by atoms with Crippen LogP contribution in [0.15, 0.2) is 47.1 Å². The molecule has 0 saturated carbocycles. The summed E-state index contributed by atoms with van der Waals surface area (Å²) < 4.78 is 5.48. The van der Waals surface area contributed by atoms with E-state index >= 15 is 0 Å². The monoisotopic (exact) mass is 321 g/mol. The van der Waals surface area contributed by atoms with Crippen LogP contribution in [0.5, 0.6) is 0 Å². The molecular weight excluding hydrogens is 306 g/mol. The molecule has 0 aliphatic carbocycles. The van der Waals surface area contributed by atoms with E-state index < -0.39 is 0 Å². The van der Waals surface area contributed by atoms with E-state index in [1.165, 1.54) is 0 Å². The minimum Gasteiger partial charge on any atom is -0.468 e. The molecule has 1 saturated heterocycles. The third kappa shape index (κ3) is 3.27. The fourth-order valence-corrected chi connectivity index (χ4v) is 3.88. The fourth-order valence-electron chi connectivity index (χ4n) is 2.48. The Hall–Kier alpha value is -1.39. The summed E-state index contributed by atoms with van der Waals surface area (Å²) in [5, 5.41) is 0.839. The van der Waals surface area contributed by atoms with Crippen molar-refractivity contribution in [3.8, 4) is 0 Å². The van der Waals surface area contributed by atoms with Crippen LogP contribution < -0.4 is 0 Å². The zero-order valence-electron chi connectivity index (χ0n) is 11.5. The van der Waals surface area contributed by atoms with Gasteiger partial charge in [-0.05, 0) is 30.7 Å². The van der Waals surface area contributed by atoms with Crippen molar-refractivity contribution in [1.82, 2.24) is 4.90 Å². The number of rotatable bonds is 2. The molecule has 1 amide bonds. The standard InChI is InChI=1S/C16H16ClNO2S/c17-13-5-2-1-4-12(13)16(19)18-8-7-15(21-11-9-18)14-6-3-10-20-14/h1-6,10,15H,7-9,11H2. The van der Waals surface area contributed by atoms with Gasteiger partial charge in [-0.2, -0.15) is 0 Å². The molecule has 2 aromatic rings. The summed E-state index contributed by atoms with van der Waals surface area (Å²) in [5.74, 6) is 1.91. The van der Waals surface area contributed by atoms with Gasteiger partial charge in [0.25, 0.3) is 5.91 Å². The van der Waals surface area contributed by atoms with E-state index in [-0.39, 0.29) is 5.91 Å². The molecule has 3 rings (SSSR count). The van der Waals surface area contributed by atoms with E-state index in [4.69, 9.17) is 16.0 Å². The van der Waals surface area contributed by atoms with E-state index in [9.17, 15) is 4.79 Å². The zero-order valence-corrected chi connectivity index (χ0v) is 13.1. The highest BCUT2D eigenvalue weighted by molar-refractivity contribution is 7.99. The first kappa shape index (κ1) is 14.5. The highest BCUT2D eigenvalue weighted by Crippen LogP contribution is 2.35. The lowest BCUT2D eigenvalue weighted by atomic mass is 10.1. The maximum Gasteiger partial charge on any atom is 0.255 e. The predicted molar refractivity (Wildman–Crippen MR) is 85.9 cm³/mol. The smallest absolute Gasteiger partial charge is 0.255 e. The van der Waals surface area contributed by atoms with Crippen molar-refractivity contribution >= 4 is 29.3 Å². The molecule has 5 heteroatoms. The molecule has 1 atom stereocenters. The van der Waals surface area contributed by atoms with Gasteiger partial charge in [-0.15, -0.1) is 11.8 Å². The van der Waals surface area contributed by atoms with Crippen LogP contribution in [0.25, 0.3) is 0 Å². The molecule has 0 bridgehead atoms. The molecule has 1 fully saturated rings. The summed E-state index contributed by atoms with van der Waals surface area (Å²) >= 11 is 7.96. The number of thioether (sulfide) groups is 1. The normalized spacial score (nSPS) is 19.3. The van der Waals surface area contributed by atoms with Crippen molar-refractivity contribution < 1.29 is 9.21 Å². The Balaban J connectivity index is 1.70. The lowest BCUT2D eigenvalue weighted by molar-refractivity contribution is 0.0766. The van der Waals surface area contributed by atoms with Gasteiger partial charge >= 0.3 is 0 Å². The molecule has 1 aliphatic heterocycles. The number of nitrogens with zero attached hydrogens (tertiary/aromatic N) is 1. The Bertz CT molecular complexity index is 614. The van der Waals surface area contributed by atoms with Gasteiger partial charge in [0.05, 0.1) is 22.1 Å². The number of furan rings is 1. The Morgan fingerprint density at radius 1 is 1.24 bits per heavy atom. The van der Waals surface area contributed by atoms with Crippen molar-refractivity contribution in [2.45, 2.75) is 11.7 Å². The SMILES string of the molecule is O=C(c1ccccc1Cl)N1CCSC(c2ccco2)CC1. The van der Waals surface area contributed by atoms with Crippen LogP contribution >= 0.6 is 23.4 Å². The highest BCUT2D eigenvalue weighted by atomic mass is 35.5. The molecule has 2 heterocycles. The molecule has 21 heavy (non-hydrogen) atoms. The van der Waals surface area contributed by atoms with Crippen molar-refractivity contribution in [3.63, 3.8) is 0 Å². The minimum absolute atomic E-state index is 0.0151. The number of hydrogen-bond donors (Lipinski definition) is 0.